The summed E-state index contributed by atoms with van der Waals surface area (Å²) in [5.41, 5.74) is -0.0749. The lowest BCUT2D eigenvalue weighted by molar-refractivity contribution is -0.127. The van der Waals surface area contributed by atoms with Crippen molar-refractivity contribution < 1.29 is 4.79 Å². The Hall–Kier alpha value is -0.530. The molecule has 1 fully saturated rings. The van der Waals surface area contributed by atoms with Crippen LogP contribution in [0.25, 0.3) is 0 Å². The van der Waals surface area contributed by atoms with E-state index in [1.807, 2.05) is 20.8 Å². The van der Waals surface area contributed by atoms with Gasteiger partial charge in [0.05, 0.1) is 0 Å². The number of carbonyl (C=O) groups excluding carboxylic acids is 1. The van der Waals surface area contributed by atoms with E-state index in [-0.39, 0.29) is 17.4 Å². The zero-order chi connectivity index (χ0) is 9.90. The fourth-order valence-electron chi connectivity index (χ4n) is 1.84. The molecule has 0 aliphatic heterocycles. The Morgan fingerprint density at radius 3 is 2.15 bits per heavy atom. The minimum atomic E-state index is -0.0749. The normalized spacial score (nSPS) is 19.9. The number of carbonyl (C=O) groups is 1. The fraction of sp³-hybridized carbons (Fsp3) is 0.909. The van der Waals surface area contributed by atoms with E-state index in [4.69, 9.17) is 0 Å². The van der Waals surface area contributed by atoms with Gasteiger partial charge in [-0.25, -0.2) is 0 Å². The van der Waals surface area contributed by atoms with Gasteiger partial charge in [0.15, 0.2) is 0 Å². The molecule has 1 aliphatic rings. The third kappa shape index (κ3) is 3.79. The van der Waals surface area contributed by atoms with Gasteiger partial charge >= 0.3 is 0 Å². The van der Waals surface area contributed by atoms with Crippen molar-refractivity contribution in [3.05, 3.63) is 0 Å². The highest BCUT2D eigenvalue weighted by molar-refractivity contribution is 5.79. The molecule has 2 nitrogen and oxygen atoms in total. The van der Waals surface area contributed by atoms with E-state index >= 15 is 0 Å². The quantitative estimate of drug-likeness (QED) is 0.665. The minimum absolute atomic E-state index is 0.0749. The third-order valence-corrected chi connectivity index (χ3v) is 2.47. The molecule has 0 unspecified atom stereocenters. The van der Waals surface area contributed by atoms with E-state index in [9.17, 15) is 4.79 Å². The molecule has 1 saturated carbocycles. The van der Waals surface area contributed by atoms with Gasteiger partial charge < -0.3 is 5.32 Å². The van der Waals surface area contributed by atoms with Gasteiger partial charge in [0.2, 0.25) is 5.91 Å². The van der Waals surface area contributed by atoms with Gasteiger partial charge in [-0.1, -0.05) is 19.3 Å². The van der Waals surface area contributed by atoms with E-state index in [2.05, 4.69) is 5.32 Å². The number of rotatable bonds is 1. The lowest BCUT2D eigenvalue weighted by Crippen LogP contribution is -2.44. The first-order valence-corrected chi connectivity index (χ1v) is 5.31. The molecule has 1 rings (SSSR count). The van der Waals surface area contributed by atoms with Crippen LogP contribution in [0.3, 0.4) is 0 Å². The first-order chi connectivity index (χ1) is 5.99. The summed E-state index contributed by atoms with van der Waals surface area (Å²) in [6.07, 6.45) is 5.92. The number of nitrogens with one attached hydrogen (secondary N) is 1. The van der Waals surface area contributed by atoms with Gasteiger partial charge in [-0.2, -0.15) is 0 Å². The molecule has 76 valence electrons. The van der Waals surface area contributed by atoms with Crippen LogP contribution in [0.1, 0.15) is 52.9 Å². The highest BCUT2D eigenvalue weighted by Crippen LogP contribution is 2.24. The smallest absolute Gasteiger partial charge is 0.223 e. The minimum Gasteiger partial charge on any atom is -0.351 e. The molecule has 0 aromatic carbocycles. The Morgan fingerprint density at radius 2 is 1.69 bits per heavy atom. The SMILES string of the molecule is CC(C)(C)NC(=O)C1CCCCC1. The van der Waals surface area contributed by atoms with Crippen molar-refractivity contribution in [1.82, 2.24) is 5.32 Å². The molecule has 0 atom stereocenters. The highest BCUT2D eigenvalue weighted by Gasteiger charge is 2.23. The molecule has 1 N–H and O–H groups in total. The van der Waals surface area contributed by atoms with Crippen molar-refractivity contribution in [3.8, 4) is 0 Å². The summed E-state index contributed by atoms with van der Waals surface area (Å²) in [5, 5.41) is 3.05. The second-order valence-electron chi connectivity index (χ2n) is 5.07. The second kappa shape index (κ2) is 4.12. The average molecular weight is 183 g/mol. The Labute approximate surface area is 81.1 Å². The van der Waals surface area contributed by atoms with Crippen molar-refractivity contribution in [2.75, 3.05) is 0 Å². The van der Waals surface area contributed by atoms with Crippen molar-refractivity contribution in [2.45, 2.75) is 58.4 Å². The predicted molar refractivity (Wildman–Crippen MR) is 54.5 cm³/mol. The Bertz CT molecular complexity index is 175. The van der Waals surface area contributed by atoms with E-state index < -0.39 is 0 Å². The molecule has 13 heavy (non-hydrogen) atoms. The van der Waals surface area contributed by atoms with Gasteiger partial charge in [-0.05, 0) is 33.6 Å². The van der Waals surface area contributed by atoms with Crippen LogP contribution in [0.15, 0.2) is 0 Å². The van der Waals surface area contributed by atoms with Gasteiger partial charge in [-0.3, -0.25) is 4.79 Å². The largest absolute Gasteiger partial charge is 0.351 e. The van der Waals surface area contributed by atoms with E-state index in [0.717, 1.165) is 12.8 Å². The van der Waals surface area contributed by atoms with E-state index in [1.54, 1.807) is 0 Å². The fourth-order valence-corrected chi connectivity index (χ4v) is 1.84. The monoisotopic (exact) mass is 183 g/mol. The lowest BCUT2D eigenvalue weighted by Gasteiger charge is -2.26. The standard InChI is InChI=1S/C11H21NO/c1-11(2,3)12-10(13)9-7-5-4-6-8-9/h9H,4-8H2,1-3H3,(H,12,13). The first kappa shape index (κ1) is 10.6. The molecular weight excluding hydrogens is 162 g/mol. The van der Waals surface area contributed by atoms with Crippen LogP contribution in [-0.2, 0) is 4.79 Å². The molecule has 0 aromatic rings. The Balaban J connectivity index is 2.38. The molecular formula is C11H21NO. The zero-order valence-corrected chi connectivity index (χ0v) is 9.02. The summed E-state index contributed by atoms with van der Waals surface area (Å²) in [5.74, 6) is 0.542. The molecule has 0 heterocycles. The molecule has 0 aromatic heterocycles. The van der Waals surface area contributed by atoms with Crippen molar-refractivity contribution >= 4 is 5.91 Å². The predicted octanol–water partition coefficient (Wildman–Crippen LogP) is 2.48. The summed E-state index contributed by atoms with van der Waals surface area (Å²) in [4.78, 5) is 11.7. The highest BCUT2D eigenvalue weighted by atomic mass is 16.2. The van der Waals surface area contributed by atoms with Crippen molar-refractivity contribution in [1.29, 1.82) is 0 Å². The molecule has 2 heteroatoms. The van der Waals surface area contributed by atoms with Crippen LogP contribution >= 0.6 is 0 Å². The van der Waals surface area contributed by atoms with Gasteiger partial charge in [-0.15, -0.1) is 0 Å². The summed E-state index contributed by atoms with van der Waals surface area (Å²) >= 11 is 0. The molecule has 1 amide bonds. The van der Waals surface area contributed by atoms with Crippen LogP contribution in [0.2, 0.25) is 0 Å². The molecule has 0 spiro atoms. The van der Waals surface area contributed by atoms with Gasteiger partial charge in [0, 0.05) is 11.5 Å². The Kier molecular flexibility index (Phi) is 3.34. The first-order valence-electron chi connectivity index (χ1n) is 5.31. The second-order valence-corrected chi connectivity index (χ2v) is 5.07. The van der Waals surface area contributed by atoms with Crippen LogP contribution in [0, 0.1) is 5.92 Å². The van der Waals surface area contributed by atoms with Crippen molar-refractivity contribution in [2.24, 2.45) is 5.92 Å². The summed E-state index contributed by atoms with van der Waals surface area (Å²) < 4.78 is 0. The topological polar surface area (TPSA) is 29.1 Å². The molecule has 0 saturated heterocycles. The number of hydrogen-bond donors (Lipinski definition) is 1. The van der Waals surface area contributed by atoms with Gasteiger partial charge in [0.1, 0.15) is 0 Å². The zero-order valence-electron chi connectivity index (χ0n) is 9.02. The maximum absolute atomic E-state index is 11.7. The van der Waals surface area contributed by atoms with Crippen LogP contribution in [0.5, 0.6) is 0 Å². The van der Waals surface area contributed by atoms with E-state index in [1.165, 1.54) is 19.3 Å². The summed E-state index contributed by atoms with van der Waals surface area (Å²) in [7, 11) is 0. The Morgan fingerprint density at radius 1 is 1.15 bits per heavy atom. The number of amides is 1. The van der Waals surface area contributed by atoms with Crippen LogP contribution < -0.4 is 5.32 Å². The molecule has 1 aliphatic carbocycles. The van der Waals surface area contributed by atoms with Gasteiger partial charge in [0.25, 0.3) is 0 Å². The molecule has 0 radical (unpaired) electrons. The maximum atomic E-state index is 11.7. The molecule has 0 bridgehead atoms. The average Bonchev–Trinajstić information content (AvgIpc) is 2.03. The van der Waals surface area contributed by atoms with Crippen molar-refractivity contribution in [3.63, 3.8) is 0 Å². The summed E-state index contributed by atoms with van der Waals surface area (Å²) in [6, 6.07) is 0. The lowest BCUT2D eigenvalue weighted by atomic mass is 9.88. The summed E-state index contributed by atoms with van der Waals surface area (Å²) in [6.45, 7) is 6.11. The third-order valence-electron chi connectivity index (χ3n) is 2.47. The number of hydrogen-bond acceptors (Lipinski definition) is 1. The van der Waals surface area contributed by atoms with Crippen LogP contribution in [0.4, 0.5) is 0 Å². The maximum Gasteiger partial charge on any atom is 0.223 e. The van der Waals surface area contributed by atoms with Crippen LogP contribution in [-0.4, -0.2) is 11.4 Å². The van der Waals surface area contributed by atoms with E-state index in [0.29, 0.717) is 0 Å².